The number of nitrogens with one attached hydrogen (secondary N) is 1. The molecule has 0 saturated carbocycles. The molecule has 1 unspecified atom stereocenters. The molecule has 0 aromatic heterocycles. The Labute approximate surface area is 160 Å². The van der Waals surface area contributed by atoms with Crippen LogP contribution in [0, 0.1) is 5.92 Å². The Hall–Kier alpha value is -1.92. The van der Waals surface area contributed by atoms with Crippen molar-refractivity contribution in [3.63, 3.8) is 0 Å². The minimum atomic E-state index is -0.202. The molecule has 0 radical (unpaired) electrons. The smallest absolute Gasteiger partial charge is 0.243 e. The van der Waals surface area contributed by atoms with Crippen LogP contribution in [0.3, 0.4) is 0 Å². The molecule has 0 spiro atoms. The van der Waals surface area contributed by atoms with E-state index < -0.39 is 0 Å². The van der Waals surface area contributed by atoms with Gasteiger partial charge in [0.15, 0.2) is 0 Å². The van der Waals surface area contributed by atoms with Crippen LogP contribution >= 0.6 is 0 Å². The maximum absolute atomic E-state index is 12.2. The number of benzene rings is 1. The molecule has 2 amide bonds. The van der Waals surface area contributed by atoms with Crippen molar-refractivity contribution in [2.45, 2.75) is 57.7 Å². The monoisotopic (exact) mass is 371 g/mol. The third-order valence-corrected chi connectivity index (χ3v) is 6.36. The van der Waals surface area contributed by atoms with Crippen molar-refractivity contribution in [2.24, 2.45) is 5.92 Å². The van der Waals surface area contributed by atoms with E-state index in [9.17, 15) is 9.59 Å². The second-order valence-corrected chi connectivity index (χ2v) is 8.08. The Balaban J connectivity index is 1.43. The van der Waals surface area contributed by atoms with Crippen molar-refractivity contribution in [3.05, 3.63) is 29.3 Å². The molecular weight excluding hydrogens is 342 g/mol. The molecule has 4 rings (SSSR count). The van der Waals surface area contributed by atoms with Crippen LogP contribution in [-0.4, -0.2) is 47.6 Å². The Bertz CT molecular complexity index is 713. The number of hydrogen-bond acceptors (Lipinski definition) is 5. The minimum Gasteiger partial charge on any atom is -0.396 e. The molecule has 3 aliphatic rings. The van der Waals surface area contributed by atoms with Crippen LogP contribution in [-0.2, 0) is 22.7 Å². The number of hydrogen-bond donors (Lipinski definition) is 2. The molecule has 1 aromatic carbocycles. The fraction of sp³-hybridized carbons (Fsp3) is 0.619. The van der Waals surface area contributed by atoms with Crippen LogP contribution in [0.5, 0.6) is 0 Å². The largest absolute Gasteiger partial charge is 0.396 e. The number of carbonyl (C=O) groups is 2. The van der Waals surface area contributed by atoms with Gasteiger partial charge in [-0.15, -0.1) is 0 Å². The fourth-order valence-electron chi connectivity index (χ4n) is 4.82. The number of amides is 2. The maximum atomic E-state index is 12.2. The molecule has 3 aliphatic heterocycles. The summed E-state index contributed by atoms with van der Waals surface area (Å²) in [5, 5.41) is 11.5. The summed E-state index contributed by atoms with van der Waals surface area (Å²) in [5.74, 6) is 0.424. The van der Waals surface area contributed by atoms with Crippen LogP contribution in [0.4, 0.5) is 5.69 Å². The van der Waals surface area contributed by atoms with Gasteiger partial charge in [-0.2, -0.15) is 0 Å². The van der Waals surface area contributed by atoms with Crippen LogP contribution in [0.1, 0.15) is 49.7 Å². The first-order valence-corrected chi connectivity index (χ1v) is 10.2. The Morgan fingerprint density at radius 3 is 2.67 bits per heavy atom. The molecule has 2 saturated heterocycles. The lowest BCUT2D eigenvalue weighted by Gasteiger charge is -2.35. The number of anilines is 1. The highest BCUT2D eigenvalue weighted by Gasteiger charge is 2.36. The lowest BCUT2D eigenvalue weighted by atomic mass is 9.91. The average molecular weight is 371 g/mol. The van der Waals surface area contributed by atoms with Gasteiger partial charge in [0.05, 0.1) is 6.04 Å². The lowest BCUT2D eigenvalue weighted by Crippen LogP contribution is -2.50. The van der Waals surface area contributed by atoms with Crippen LogP contribution in [0.2, 0.25) is 0 Å². The molecule has 6 heteroatoms. The summed E-state index contributed by atoms with van der Waals surface area (Å²) in [6, 6.07) is 6.30. The number of aliphatic hydroxyl groups is 1. The average Bonchev–Trinajstić information content (AvgIpc) is 3.10. The zero-order valence-corrected chi connectivity index (χ0v) is 15.8. The van der Waals surface area contributed by atoms with Crippen molar-refractivity contribution in [3.8, 4) is 0 Å². The van der Waals surface area contributed by atoms with Gasteiger partial charge >= 0.3 is 0 Å². The highest BCUT2D eigenvalue weighted by molar-refractivity contribution is 6.00. The van der Waals surface area contributed by atoms with E-state index in [0.717, 1.165) is 44.9 Å². The van der Waals surface area contributed by atoms with E-state index in [4.69, 9.17) is 5.11 Å². The third-order valence-electron chi connectivity index (χ3n) is 6.36. The van der Waals surface area contributed by atoms with Crippen molar-refractivity contribution in [1.29, 1.82) is 0 Å². The molecule has 2 fully saturated rings. The van der Waals surface area contributed by atoms with Gasteiger partial charge in [-0.3, -0.25) is 19.8 Å². The molecule has 3 heterocycles. The summed E-state index contributed by atoms with van der Waals surface area (Å²) in [6.45, 7) is 3.98. The highest BCUT2D eigenvalue weighted by atomic mass is 16.3. The maximum Gasteiger partial charge on any atom is 0.243 e. The first-order valence-electron chi connectivity index (χ1n) is 10.2. The van der Waals surface area contributed by atoms with Crippen LogP contribution in [0.25, 0.3) is 0 Å². The summed E-state index contributed by atoms with van der Waals surface area (Å²) in [6.07, 6.45) is 5.44. The predicted molar refractivity (Wildman–Crippen MR) is 103 cm³/mol. The molecule has 0 aliphatic carbocycles. The second-order valence-electron chi connectivity index (χ2n) is 8.08. The van der Waals surface area contributed by atoms with E-state index in [1.807, 2.05) is 0 Å². The minimum absolute atomic E-state index is 0.148. The standard InChI is InChI=1S/C21H29N3O3/c25-12-2-3-15-8-10-23(11-9-15)18-5-1-4-16-13-24(14-17(16)18)19-6-7-20(26)22-21(19)27/h1,4-5,15,19,25H,2-3,6-14H2,(H,22,26,27). The number of piperidine rings is 2. The number of nitrogens with zero attached hydrogens (tertiary/aromatic N) is 2. The quantitative estimate of drug-likeness (QED) is 0.772. The first kappa shape index (κ1) is 18.4. The van der Waals surface area contributed by atoms with E-state index in [1.165, 1.54) is 29.7 Å². The molecule has 6 nitrogen and oxygen atoms in total. The molecule has 0 bridgehead atoms. The normalized spacial score (nSPS) is 24.2. The van der Waals surface area contributed by atoms with Crippen LogP contribution in [0.15, 0.2) is 18.2 Å². The summed E-state index contributed by atoms with van der Waals surface area (Å²) in [4.78, 5) is 28.4. The lowest BCUT2D eigenvalue weighted by molar-refractivity contribution is -0.137. The van der Waals surface area contributed by atoms with Crippen molar-refractivity contribution in [2.75, 3.05) is 24.6 Å². The Morgan fingerprint density at radius 2 is 1.93 bits per heavy atom. The zero-order chi connectivity index (χ0) is 18.8. The molecule has 1 atom stereocenters. The van der Waals surface area contributed by atoms with Gasteiger partial charge < -0.3 is 10.0 Å². The van der Waals surface area contributed by atoms with Crippen molar-refractivity contribution >= 4 is 17.5 Å². The first-order chi connectivity index (χ1) is 13.2. The van der Waals surface area contributed by atoms with E-state index in [2.05, 4.69) is 33.3 Å². The number of aliphatic hydroxyl groups excluding tert-OH is 1. The van der Waals surface area contributed by atoms with Gasteiger partial charge in [-0.25, -0.2) is 0 Å². The van der Waals surface area contributed by atoms with Crippen molar-refractivity contribution < 1.29 is 14.7 Å². The van der Waals surface area contributed by atoms with Gasteiger partial charge in [0, 0.05) is 44.9 Å². The molecule has 146 valence electrons. The summed E-state index contributed by atoms with van der Waals surface area (Å²) < 4.78 is 0. The predicted octanol–water partition coefficient (Wildman–Crippen LogP) is 1.80. The van der Waals surface area contributed by atoms with Gasteiger partial charge in [0.25, 0.3) is 0 Å². The molecule has 27 heavy (non-hydrogen) atoms. The van der Waals surface area contributed by atoms with Gasteiger partial charge in [-0.05, 0) is 55.2 Å². The second kappa shape index (κ2) is 7.98. The van der Waals surface area contributed by atoms with Crippen molar-refractivity contribution in [1.82, 2.24) is 10.2 Å². The van der Waals surface area contributed by atoms with E-state index in [1.54, 1.807) is 0 Å². The van der Waals surface area contributed by atoms with E-state index in [-0.39, 0.29) is 17.9 Å². The fourth-order valence-corrected chi connectivity index (χ4v) is 4.82. The number of imide groups is 1. The molecular formula is C21H29N3O3. The van der Waals surface area contributed by atoms with E-state index >= 15 is 0 Å². The van der Waals surface area contributed by atoms with Crippen LogP contribution < -0.4 is 10.2 Å². The summed E-state index contributed by atoms with van der Waals surface area (Å²) in [5.41, 5.74) is 3.96. The van der Waals surface area contributed by atoms with Gasteiger partial charge in [0.2, 0.25) is 11.8 Å². The van der Waals surface area contributed by atoms with E-state index in [0.29, 0.717) is 19.4 Å². The highest BCUT2D eigenvalue weighted by Crippen LogP contribution is 2.36. The zero-order valence-electron chi connectivity index (χ0n) is 15.8. The van der Waals surface area contributed by atoms with Gasteiger partial charge in [-0.1, -0.05) is 12.1 Å². The number of carbonyl (C=O) groups excluding carboxylic acids is 2. The Morgan fingerprint density at radius 1 is 1.11 bits per heavy atom. The molecule has 1 aromatic rings. The Kier molecular flexibility index (Phi) is 5.45. The number of fused-ring (bicyclic) bond motifs is 1. The topological polar surface area (TPSA) is 72.9 Å². The third kappa shape index (κ3) is 3.87. The SMILES string of the molecule is O=C1CCC(N2Cc3cccc(N4CCC(CCCO)CC4)c3C2)C(=O)N1. The molecule has 2 N–H and O–H groups in total. The summed E-state index contributed by atoms with van der Waals surface area (Å²) >= 11 is 0. The van der Waals surface area contributed by atoms with Gasteiger partial charge in [0.1, 0.15) is 0 Å². The summed E-state index contributed by atoms with van der Waals surface area (Å²) in [7, 11) is 0. The number of rotatable bonds is 5.